The van der Waals surface area contributed by atoms with Crippen LogP contribution in [0.4, 0.5) is 0 Å². The molecule has 2 N–H and O–H groups in total. The number of aliphatic carboxylic acids is 1. The average molecular weight is 265 g/mol. The number of carboxylic acids is 1. The SMILES string of the molecule is CC(c1cccc(O)c1)N1CCOC(CC(=O)O)C1. The molecule has 0 radical (unpaired) electrons. The number of nitrogens with zero attached hydrogens (tertiary/aromatic N) is 1. The zero-order valence-corrected chi connectivity index (χ0v) is 11.0. The third kappa shape index (κ3) is 3.68. The number of hydrogen-bond donors (Lipinski definition) is 2. The first kappa shape index (κ1) is 13.8. The molecule has 0 aromatic heterocycles. The molecule has 0 amide bonds. The summed E-state index contributed by atoms with van der Waals surface area (Å²) in [4.78, 5) is 12.9. The highest BCUT2D eigenvalue weighted by molar-refractivity contribution is 5.67. The van der Waals surface area contributed by atoms with E-state index in [2.05, 4.69) is 11.8 Å². The fraction of sp³-hybridized carbons (Fsp3) is 0.500. The Hall–Kier alpha value is -1.59. The smallest absolute Gasteiger partial charge is 0.306 e. The molecule has 0 bridgehead atoms. The molecular formula is C14H19NO4. The Bertz CT molecular complexity index is 449. The minimum atomic E-state index is -0.836. The molecule has 2 rings (SSSR count). The van der Waals surface area contributed by atoms with Crippen molar-refractivity contribution in [2.24, 2.45) is 0 Å². The minimum Gasteiger partial charge on any atom is -0.508 e. The van der Waals surface area contributed by atoms with Crippen LogP contribution >= 0.6 is 0 Å². The van der Waals surface area contributed by atoms with E-state index < -0.39 is 5.97 Å². The molecule has 104 valence electrons. The first-order valence-corrected chi connectivity index (χ1v) is 6.42. The molecule has 1 fully saturated rings. The first-order valence-electron chi connectivity index (χ1n) is 6.42. The molecule has 1 aliphatic heterocycles. The lowest BCUT2D eigenvalue weighted by Crippen LogP contribution is -2.44. The lowest BCUT2D eigenvalue weighted by atomic mass is 10.0. The van der Waals surface area contributed by atoms with Crippen LogP contribution in [0.15, 0.2) is 24.3 Å². The van der Waals surface area contributed by atoms with Crippen molar-refractivity contribution in [3.63, 3.8) is 0 Å². The maximum Gasteiger partial charge on any atom is 0.306 e. The van der Waals surface area contributed by atoms with Gasteiger partial charge in [-0.1, -0.05) is 12.1 Å². The maximum absolute atomic E-state index is 10.7. The number of rotatable bonds is 4. The summed E-state index contributed by atoms with van der Waals surface area (Å²) in [5.74, 6) is -0.587. The van der Waals surface area contributed by atoms with Gasteiger partial charge in [-0.05, 0) is 24.6 Å². The van der Waals surface area contributed by atoms with Gasteiger partial charge in [0.25, 0.3) is 0 Å². The van der Waals surface area contributed by atoms with E-state index in [1.165, 1.54) is 0 Å². The number of phenolic OH excluding ortho intramolecular Hbond substituents is 1. The Labute approximate surface area is 112 Å². The van der Waals surface area contributed by atoms with Crippen LogP contribution in [-0.2, 0) is 9.53 Å². The normalized spacial score (nSPS) is 22.1. The van der Waals surface area contributed by atoms with Crippen molar-refractivity contribution < 1.29 is 19.7 Å². The molecule has 1 aromatic rings. The number of carboxylic acid groups (broad SMARTS) is 1. The zero-order valence-electron chi connectivity index (χ0n) is 11.0. The molecule has 1 aliphatic rings. The quantitative estimate of drug-likeness (QED) is 0.866. The topological polar surface area (TPSA) is 70.0 Å². The van der Waals surface area contributed by atoms with Crippen LogP contribution in [0.25, 0.3) is 0 Å². The van der Waals surface area contributed by atoms with E-state index in [1.54, 1.807) is 12.1 Å². The molecule has 5 heteroatoms. The van der Waals surface area contributed by atoms with Crippen LogP contribution in [0.1, 0.15) is 24.9 Å². The number of benzene rings is 1. The van der Waals surface area contributed by atoms with Gasteiger partial charge in [0.05, 0.1) is 19.1 Å². The summed E-state index contributed by atoms with van der Waals surface area (Å²) in [6, 6.07) is 7.30. The Kier molecular flexibility index (Phi) is 4.39. The molecule has 1 saturated heterocycles. The van der Waals surface area contributed by atoms with Crippen molar-refractivity contribution in [1.29, 1.82) is 0 Å². The lowest BCUT2D eigenvalue weighted by molar-refractivity contribution is -0.142. The number of morpholine rings is 1. The second-order valence-corrected chi connectivity index (χ2v) is 4.86. The highest BCUT2D eigenvalue weighted by Crippen LogP contribution is 2.25. The van der Waals surface area contributed by atoms with E-state index in [1.807, 2.05) is 12.1 Å². The maximum atomic E-state index is 10.7. The van der Waals surface area contributed by atoms with Crippen LogP contribution in [0, 0.1) is 0 Å². The predicted octanol–water partition coefficient (Wildman–Crippen LogP) is 1.63. The van der Waals surface area contributed by atoms with Crippen molar-refractivity contribution >= 4 is 5.97 Å². The van der Waals surface area contributed by atoms with Crippen molar-refractivity contribution in [1.82, 2.24) is 4.90 Å². The molecule has 19 heavy (non-hydrogen) atoms. The number of ether oxygens (including phenoxy) is 1. The summed E-state index contributed by atoms with van der Waals surface area (Å²) in [5, 5.41) is 18.3. The van der Waals surface area contributed by atoms with Crippen LogP contribution in [0.5, 0.6) is 5.75 Å². The molecule has 0 aliphatic carbocycles. The van der Waals surface area contributed by atoms with Crippen molar-refractivity contribution in [3.8, 4) is 5.75 Å². The molecule has 0 spiro atoms. The summed E-state index contributed by atoms with van der Waals surface area (Å²) in [7, 11) is 0. The van der Waals surface area contributed by atoms with Gasteiger partial charge in [0, 0.05) is 19.1 Å². The van der Waals surface area contributed by atoms with Gasteiger partial charge in [0.15, 0.2) is 0 Å². The van der Waals surface area contributed by atoms with E-state index in [0.717, 1.165) is 12.1 Å². The van der Waals surface area contributed by atoms with E-state index in [0.29, 0.717) is 13.2 Å². The molecule has 2 atom stereocenters. The van der Waals surface area contributed by atoms with E-state index in [9.17, 15) is 9.90 Å². The number of hydrogen-bond acceptors (Lipinski definition) is 4. The third-order valence-electron chi connectivity index (χ3n) is 3.47. The molecule has 1 aromatic carbocycles. The average Bonchev–Trinajstić information content (AvgIpc) is 2.37. The number of carbonyl (C=O) groups is 1. The van der Waals surface area contributed by atoms with Crippen LogP contribution < -0.4 is 0 Å². The van der Waals surface area contributed by atoms with Crippen molar-refractivity contribution in [3.05, 3.63) is 29.8 Å². The monoisotopic (exact) mass is 265 g/mol. The number of phenols is 1. The Morgan fingerprint density at radius 1 is 1.58 bits per heavy atom. The second kappa shape index (κ2) is 6.04. The van der Waals surface area contributed by atoms with E-state index in [-0.39, 0.29) is 24.3 Å². The summed E-state index contributed by atoms with van der Waals surface area (Å²) < 4.78 is 5.46. The van der Waals surface area contributed by atoms with Crippen LogP contribution in [-0.4, -0.2) is 46.9 Å². The number of aromatic hydroxyl groups is 1. The van der Waals surface area contributed by atoms with Gasteiger partial charge in [-0.15, -0.1) is 0 Å². The van der Waals surface area contributed by atoms with Gasteiger partial charge in [0.2, 0.25) is 0 Å². The Morgan fingerprint density at radius 3 is 3.05 bits per heavy atom. The summed E-state index contributed by atoms with van der Waals surface area (Å²) in [6.45, 7) is 3.97. The van der Waals surface area contributed by atoms with E-state index >= 15 is 0 Å². The van der Waals surface area contributed by atoms with Gasteiger partial charge in [0.1, 0.15) is 5.75 Å². The fourth-order valence-corrected chi connectivity index (χ4v) is 2.41. The summed E-state index contributed by atoms with van der Waals surface area (Å²) in [5.41, 5.74) is 1.02. The molecule has 0 saturated carbocycles. The summed E-state index contributed by atoms with van der Waals surface area (Å²) >= 11 is 0. The Balaban J connectivity index is 2.02. The largest absolute Gasteiger partial charge is 0.508 e. The molecular weight excluding hydrogens is 246 g/mol. The predicted molar refractivity (Wildman–Crippen MR) is 70.1 cm³/mol. The Morgan fingerprint density at radius 2 is 2.37 bits per heavy atom. The fourth-order valence-electron chi connectivity index (χ4n) is 2.41. The molecule has 1 heterocycles. The first-order chi connectivity index (χ1) is 9.06. The molecule has 2 unspecified atom stereocenters. The van der Waals surface area contributed by atoms with Crippen LogP contribution in [0.3, 0.4) is 0 Å². The highest BCUT2D eigenvalue weighted by atomic mass is 16.5. The zero-order chi connectivity index (χ0) is 13.8. The van der Waals surface area contributed by atoms with Gasteiger partial charge in [-0.3, -0.25) is 9.69 Å². The minimum absolute atomic E-state index is 0.0310. The van der Waals surface area contributed by atoms with Crippen LogP contribution in [0.2, 0.25) is 0 Å². The molecule has 5 nitrogen and oxygen atoms in total. The lowest BCUT2D eigenvalue weighted by Gasteiger charge is -2.36. The van der Waals surface area contributed by atoms with Gasteiger partial charge >= 0.3 is 5.97 Å². The second-order valence-electron chi connectivity index (χ2n) is 4.86. The van der Waals surface area contributed by atoms with E-state index in [4.69, 9.17) is 9.84 Å². The van der Waals surface area contributed by atoms with Gasteiger partial charge in [-0.2, -0.15) is 0 Å². The van der Waals surface area contributed by atoms with Gasteiger partial charge in [-0.25, -0.2) is 0 Å². The van der Waals surface area contributed by atoms with Crippen molar-refractivity contribution in [2.75, 3.05) is 19.7 Å². The third-order valence-corrected chi connectivity index (χ3v) is 3.47. The standard InChI is InChI=1S/C14H19NO4/c1-10(11-3-2-4-12(16)7-11)15-5-6-19-13(9-15)8-14(17)18/h2-4,7,10,13,16H,5-6,8-9H2,1H3,(H,17,18). The highest BCUT2D eigenvalue weighted by Gasteiger charge is 2.26. The van der Waals surface area contributed by atoms with Gasteiger partial charge < -0.3 is 14.9 Å². The van der Waals surface area contributed by atoms with Crippen molar-refractivity contribution in [2.45, 2.75) is 25.5 Å². The summed E-state index contributed by atoms with van der Waals surface area (Å²) in [6.07, 6.45) is -0.227.